The smallest absolute Gasteiger partial charge is 0.274 e. The molecule has 4 rings (SSSR count). The van der Waals surface area contributed by atoms with Crippen LogP contribution in [-0.4, -0.2) is 28.2 Å². The Hall–Kier alpha value is -3.54. The van der Waals surface area contributed by atoms with Gasteiger partial charge in [-0.3, -0.25) is 9.59 Å². The number of carbonyl (C=O) groups is 2. The van der Waals surface area contributed by atoms with Crippen molar-refractivity contribution < 1.29 is 9.59 Å². The van der Waals surface area contributed by atoms with Gasteiger partial charge < -0.3 is 10.2 Å². The van der Waals surface area contributed by atoms with E-state index in [0.29, 0.717) is 22.8 Å². The molecule has 0 fully saturated rings. The molecule has 28 heavy (non-hydrogen) atoms. The summed E-state index contributed by atoms with van der Waals surface area (Å²) < 4.78 is 0. The number of rotatable bonds is 4. The molecule has 140 valence electrons. The Balaban J connectivity index is 1.56. The highest BCUT2D eigenvalue weighted by Gasteiger charge is 2.20. The highest BCUT2D eigenvalue weighted by Crippen LogP contribution is 2.32. The Morgan fingerprint density at radius 2 is 1.82 bits per heavy atom. The minimum atomic E-state index is -0.315. The Morgan fingerprint density at radius 3 is 2.61 bits per heavy atom. The van der Waals surface area contributed by atoms with Crippen LogP contribution in [0.1, 0.15) is 39.8 Å². The van der Waals surface area contributed by atoms with E-state index in [9.17, 15) is 9.59 Å². The first-order valence-electron chi connectivity index (χ1n) is 9.21. The third kappa shape index (κ3) is 3.62. The van der Waals surface area contributed by atoms with Crippen molar-refractivity contribution in [2.24, 2.45) is 0 Å². The van der Waals surface area contributed by atoms with Crippen LogP contribution in [0, 0.1) is 0 Å². The first-order chi connectivity index (χ1) is 13.6. The summed E-state index contributed by atoms with van der Waals surface area (Å²) in [5.74, 6) is 0.379. The average molecular weight is 372 g/mol. The van der Waals surface area contributed by atoms with E-state index in [1.165, 1.54) is 18.8 Å². The molecule has 0 saturated heterocycles. The molecule has 6 heteroatoms. The van der Waals surface area contributed by atoms with Gasteiger partial charge in [0.25, 0.3) is 5.91 Å². The van der Waals surface area contributed by atoms with Crippen LogP contribution in [0.5, 0.6) is 0 Å². The summed E-state index contributed by atoms with van der Waals surface area (Å²) in [4.78, 5) is 34.6. The molecule has 1 aromatic heterocycles. The fraction of sp³-hybridized carbons (Fsp3) is 0.182. The zero-order valence-corrected chi connectivity index (χ0v) is 15.6. The molecule has 0 bridgehead atoms. The number of para-hydroxylation sites is 1. The summed E-state index contributed by atoms with van der Waals surface area (Å²) >= 11 is 0. The summed E-state index contributed by atoms with van der Waals surface area (Å²) in [7, 11) is 0. The normalized spacial score (nSPS) is 13.0. The number of Topliss-reactive ketones (excluding diaryl/α,β-unsaturated/α-hetero) is 1. The topological polar surface area (TPSA) is 75.2 Å². The fourth-order valence-electron chi connectivity index (χ4n) is 3.37. The lowest BCUT2D eigenvalue weighted by Crippen LogP contribution is -2.26. The number of anilines is 3. The summed E-state index contributed by atoms with van der Waals surface area (Å²) in [5.41, 5.74) is 3.91. The third-order valence-electron chi connectivity index (χ3n) is 4.82. The molecule has 1 aliphatic rings. The van der Waals surface area contributed by atoms with Crippen LogP contribution >= 0.6 is 0 Å². The van der Waals surface area contributed by atoms with Crippen molar-refractivity contribution >= 4 is 28.9 Å². The van der Waals surface area contributed by atoms with Gasteiger partial charge in [0.05, 0.1) is 0 Å². The van der Waals surface area contributed by atoms with Crippen molar-refractivity contribution in [1.82, 2.24) is 9.97 Å². The number of hydrogen-bond donors (Lipinski definition) is 1. The maximum absolute atomic E-state index is 12.6. The molecule has 0 atom stereocenters. The maximum Gasteiger partial charge on any atom is 0.274 e. The number of ketones is 1. The highest BCUT2D eigenvalue weighted by molar-refractivity contribution is 6.03. The van der Waals surface area contributed by atoms with Gasteiger partial charge in [0.1, 0.15) is 17.8 Å². The van der Waals surface area contributed by atoms with Crippen LogP contribution in [-0.2, 0) is 6.42 Å². The molecule has 0 aliphatic carbocycles. The molecule has 0 unspecified atom stereocenters. The summed E-state index contributed by atoms with van der Waals surface area (Å²) in [5, 5.41) is 2.81. The second-order valence-electron chi connectivity index (χ2n) is 6.73. The molecule has 2 heterocycles. The monoisotopic (exact) mass is 372 g/mol. The van der Waals surface area contributed by atoms with Gasteiger partial charge in [0, 0.05) is 29.5 Å². The molecule has 1 aliphatic heterocycles. The largest absolute Gasteiger partial charge is 0.326 e. The van der Waals surface area contributed by atoms with E-state index in [4.69, 9.17) is 0 Å². The third-order valence-corrected chi connectivity index (χ3v) is 4.82. The van der Waals surface area contributed by atoms with Crippen LogP contribution in [0.15, 0.2) is 60.9 Å². The number of hydrogen-bond acceptors (Lipinski definition) is 5. The van der Waals surface area contributed by atoms with Crippen LogP contribution in [0.25, 0.3) is 0 Å². The molecule has 0 saturated carbocycles. The van der Waals surface area contributed by atoms with Gasteiger partial charge in [-0.25, -0.2) is 9.97 Å². The van der Waals surface area contributed by atoms with E-state index < -0.39 is 0 Å². The molecule has 0 radical (unpaired) electrons. The molecule has 2 aromatic carbocycles. The molecule has 1 amide bonds. The lowest BCUT2D eigenvalue weighted by Gasteiger charge is -2.30. The summed E-state index contributed by atoms with van der Waals surface area (Å²) in [6.07, 6.45) is 3.49. The van der Waals surface area contributed by atoms with E-state index in [-0.39, 0.29) is 11.7 Å². The predicted octanol–water partition coefficient (Wildman–Crippen LogP) is 4.02. The molecular weight excluding hydrogens is 352 g/mol. The van der Waals surface area contributed by atoms with E-state index in [1.54, 1.807) is 30.3 Å². The second kappa shape index (κ2) is 7.60. The molecule has 1 N–H and O–H groups in total. The Labute approximate surface area is 163 Å². The fourth-order valence-corrected chi connectivity index (χ4v) is 3.37. The van der Waals surface area contributed by atoms with Crippen molar-refractivity contribution in [2.75, 3.05) is 16.8 Å². The van der Waals surface area contributed by atoms with Crippen LogP contribution in [0.4, 0.5) is 17.2 Å². The number of carbonyl (C=O) groups excluding carboxylic acids is 2. The van der Waals surface area contributed by atoms with E-state index in [0.717, 1.165) is 25.1 Å². The van der Waals surface area contributed by atoms with E-state index >= 15 is 0 Å². The Morgan fingerprint density at radius 1 is 1.04 bits per heavy atom. The Kier molecular flexibility index (Phi) is 4.85. The molecule has 0 spiro atoms. The lowest BCUT2D eigenvalue weighted by molar-refractivity contribution is 0.101. The van der Waals surface area contributed by atoms with Crippen LogP contribution < -0.4 is 10.2 Å². The number of nitrogens with one attached hydrogen (secondary N) is 1. The van der Waals surface area contributed by atoms with Crippen molar-refractivity contribution in [3.63, 3.8) is 0 Å². The molecule has 6 nitrogen and oxygen atoms in total. The van der Waals surface area contributed by atoms with Gasteiger partial charge in [0.2, 0.25) is 0 Å². The van der Waals surface area contributed by atoms with E-state index in [2.05, 4.69) is 32.3 Å². The van der Waals surface area contributed by atoms with Gasteiger partial charge in [-0.15, -0.1) is 0 Å². The molecule has 3 aromatic rings. The highest BCUT2D eigenvalue weighted by atomic mass is 16.2. The summed E-state index contributed by atoms with van der Waals surface area (Å²) in [6, 6.07) is 16.8. The predicted molar refractivity (Wildman–Crippen MR) is 108 cm³/mol. The zero-order valence-electron chi connectivity index (χ0n) is 15.6. The van der Waals surface area contributed by atoms with Gasteiger partial charge in [-0.05, 0) is 55.7 Å². The van der Waals surface area contributed by atoms with Crippen molar-refractivity contribution in [1.29, 1.82) is 0 Å². The van der Waals surface area contributed by atoms with Crippen molar-refractivity contribution in [2.45, 2.75) is 19.8 Å². The zero-order chi connectivity index (χ0) is 19.5. The maximum atomic E-state index is 12.6. The number of aryl methyl sites for hydroxylation is 1. The molecular formula is C22H20N4O2. The number of aromatic nitrogens is 2. The number of benzene rings is 2. The van der Waals surface area contributed by atoms with Crippen molar-refractivity contribution in [3.05, 3.63) is 77.7 Å². The number of fused-ring (bicyclic) bond motifs is 1. The van der Waals surface area contributed by atoms with Crippen LogP contribution in [0.3, 0.4) is 0 Å². The standard InChI is InChI=1S/C22H20N4O2/c1-15(27)16-8-10-18(11-9-16)25-22(28)19-13-21(24-14-23-19)26-12-4-6-17-5-2-3-7-20(17)26/h2-3,5,7-11,13-14H,4,6,12H2,1H3,(H,25,28). The quantitative estimate of drug-likeness (QED) is 0.700. The SMILES string of the molecule is CC(=O)c1ccc(NC(=O)c2cc(N3CCCc4ccccc43)ncn2)cc1. The van der Waals surface area contributed by atoms with Crippen molar-refractivity contribution in [3.8, 4) is 0 Å². The second-order valence-corrected chi connectivity index (χ2v) is 6.73. The van der Waals surface area contributed by atoms with E-state index in [1.807, 2.05) is 12.1 Å². The first kappa shape index (κ1) is 17.9. The average Bonchev–Trinajstić information content (AvgIpc) is 2.74. The van der Waals surface area contributed by atoms with Gasteiger partial charge >= 0.3 is 0 Å². The van der Waals surface area contributed by atoms with Crippen LogP contribution in [0.2, 0.25) is 0 Å². The van der Waals surface area contributed by atoms with Gasteiger partial charge in [-0.2, -0.15) is 0 Å². The van der Waals surface area contributed by atoms with Gasteiger partial charge in [0.15, 0.2) is 5.78 Å². The summed E-state index contributed by atoms with van der Waals surface area (Å²) in [6.45, 7) is 2.36. The minimum absolute atomic E-state index is 0.0138. The first-order valence-corrected chi connectivity index (χ1v) is 9.21. The number of amides is 1. The number of nitrogens with zero attached hydrogens (tertiary/aromatic N) is 3. The minimum Gasteiger partial charge on any atom is -0.326 e. The van der Waals surface area contributed by atoms with Gasteiger partial charge in [-0.1, -0.05) is 18.2 Å². The lowest BCUT2D eigenvalue weighted by atomic mass is 10.0. The Bertz CT molecular complexity index is 1030.